The minimum atomic E-state index is -3.48. The minimum Gasteiger partial charge on any atom is -0.337 e. The van der Waals surface area contributed by atoms with Crippen molar-refractivity contribution in [2.24, 2.45) is 7.05 Å². The maximum atomic E-state index is 12.7. The molecule has 0 bridgehead atoms. The van der Waals surface area contributed by atoms with Crippen molar-refractivity contribution in [3.05, 3.63) is 12.0 Å². The molecule has 19 heavy (non-hydrogen) atoms. The quantitative estimate of drug-likeness (QED) is 0.784. The Balaban J connectivity index is 2.35. The molecule has 1 saturated heterocycles. The van der Waals surface area contributed by atoms with Crippen molar-refractivity contribution >= 4 is 26.0 Å². The Labute approximate surface area is 123 Å². The van der Waals surface area contributed by atoms with Crippen LogP contribution in [0.1, 0.15) is 31.5 Å². The van der Waals surface area contributed by atoms with Gasteiger partial charge in [-0.3, -0.25) is 0 Å². The molecule has 1 aliphatic heterocycles. The van der Waals surface area contributed by atoms with E-state index in [2.05, 4.69) is 20.9 Å². The lowest BCUT2D eigenvalue weighted by molar-refractivity contribution is 0.346. The SMILES string of the molecule is Cc1nc(S(=O)(=O)N2CCCCCC2CBr)cn1C. The fourth-order valence-corrected chi connectivity index (χ4v) is 4.98. The van der Waals surface area contributed by atoms with Crippen LogP contribution >= 0.6 is 15.9 Å². The van der Waals surface area contributed by atoms with E-state index in [4.69, 9.17) is 0 Å². The van der Waals surface area contributed by atoms with Crippen LogP contribution in [-0.4, -0.2) is 40.2 Å². The first-order chi connectivity index (χ1) is 8.96. The first kappa shape index (κ1) is 15.0. The zero-order valence-electron chi connectivity index (χ0n) is 11.3. The summed E-state index contributed by atoms with van der Waals surface area (Å²) in [7, 11) is -1.67. The zero-order chi connectivity index (χ0) is 14.0. The third kappa shape index (κ3) is 3.03. The molecule has 0 aliphatic carbocycles. The van der Waals surface area contributed by atoms with Gasteiger partial charge in [-0.25, -0.2) is 13.4 Å². The van der Waals surface area contributed by atoms with Crippen molar-refractivity contribution in [3.8, 4) is 0 Å². The van der Waals surface area contributed by atoms with Gasteiger partial charge < -0.3 is 4.57 Å². The number of hydrogen-bond acceptors (Lipinski definition) is 3. The molecule has 2 rings (SSSR count). The number of imidazole rings is 1. The Hall–Kier alpha value is -0.400. The van der Waals surface area contributed by atoms with E-state index in [0.29, 0.717) is 17.7 Å². The van der Waals surface area contributed by atoms with E-state index in [1.807, 2.05) is 14.0 Å². The van der Waals surface area contributed by atoms with Gasteiger partial charge in [0.05, 0.1) is 0 Å². The topological polar surface area (TPSA) is 55.2 Å². The number of rotatable bonds is 3. The molecule has 7 heteroatoms. The van der Waals surface area contributed by atoms with Gasteiger partial charge in [-0.2, -0.15) is 4.31 Å². The summed E-state index contributed by atoms with van der Waals surface area (Å²) in [5, 5.41) is 0.846. The lowest BCUT2D eigenvalue weighted by Crippen LogP contribution is -2.41. The largest absolute Gasteiger partial charge is 0.337 e. The van der Waals surface area contributed by atoms with Crippen molar-refractivity contribution in [2.75, 3.05) is 11.9 Å². The van der Waals surface area contributed by atoms with Gasteiger partial charge in [0, 0.05) is 31.2 Å². The maximum Gasteiger partial charge on any atom is 0.262 e. The Morgan fingerprint density at radius 3 is 2.74 bits per heavy atom. The predicted octanol–water partition coefficient (Wildman–Crippen LogP) is 2.06. The number of sulfonamides is 1. The highest BCUT2D eigenvalue weighted by Gasteiger charge is 2.33. The second-order valence-corrected chi connectivity index (χ2v) is 7.50. The molecule has 5 nitrogen and oxygen atoms in total. The summed E-state index contributed by atoms with van der Waals surface area (Å²) >= 11 is 3.44. The van der Waals surface area contributed by atoms with E-state index in [-0.39, 0.29) is 11.1 Å². The summed E-state index contributed by atoms with van der Waals surface area (Å²) in [5.74, 6) is 0.712. The van der Waals surface area contributed by atoms with Gasteiger partial charge in [0.2, 0.25) is 0 Å². The van der Waals surface area contributed by atoms with Crippen LogP contribution in [0.3, 0.4) is 0 Å². The number of nitrogens with zero attached hydrogens (tertiary/aromatic N) is 3. The molecular weight excluding hydrogens is 330 g/mol. The highest BCUT2D eigenvalue weighted by Crippen LogP contribution is 2.25. The normalized spacial score (nSPS) is 22.4. The van der Waals surface area contributed by atoms with Crippen LogP contribution in [0.15, 0.2) is 11.2 Å². The molecular formula is C12H20BrN3O2S. The lowest BCUT2D eigenvalue weighted by atomic mass is 10.1. The van der Waals surface area contributed by atoms with Gasteiger partial charge in [0.25, 0.3) is 10.0 Å². The highest BCUT2D eigenvalue weighted by atomic mass is 79.9. The van der Waals surface area contributed by atoms with Crippen LogP contribution in [-0.2, 0) is 17.1 Å². The first-order valence-corrected chi connectivity index (χ1v) is 9.10. The summed E-state index contributed by atoms with van der Waals surface area (Å²) in [4.78, 5) is 4.17. The van der Waals surface area contributed by atoms with Gasteiger partial charge in [-0.1, -0.05) is 28.8 Å². The summed E-state index contributed by atoms with van der Waals surface area (Å²) in [6.45, 7) is 2.40. The molecule has 2 heterocycles. The monoisotopic (exact) mass is 349 g/mol. The number of aryl methyl sites for hydroxylation is 2. The maximum absolute atomic E-state index is 12.7. The van der Waals surface area contributed by atoms with Gasteiger partial charge in [-0.05, 0) is 19.8 Å². The number of aromatic nitrogens is 2. The summed E-state index contributed by atoms with van der Waals surface area (Å²) in [6, 6.07) is 0.0369. The summed E-state index contributed by atoms with van der Waals surface area (Å²) in [6.07, 6.45) is 5.62. The Morgan fingerprint density at radius 1 is 1.42 bits per heavy atom. The molecule has 0 N–H and O–H groups in total. The van der Waals surface area contributed by atoms with Crippen LogP contribution in [0.2, 0.25) is 0 Å². The van der Waals surface area contributed by atoms with Crippen molar-refractivity contribution in [1.29, 1.82) is 0 Å². The van der Waals surface area contributed by atoms with E-state index in [1.54, 1.807) is 15.1 Å². The second kappa shape index (κ2) is 5.93. The van der Waals surface area contributed by atoms with Crippen LogP contribution in [0.4, 0.5) is 0 Å². The van der Waals surface area contributed by atoms with E-state index in [0.717, 1.165) is 25.7 Å². The standard InChI is InChI=1S/C12H20BrN3O2S/c1-10-14-12(9-15(10)2)19(17,18)16-7-5-3-4-6-11(16)8-13/h9,11H,3-8H2,1-2H3. The minimum absolute atomic E-state index is 0.0369. The molecule has 1 unspecified atom stereocenters. The fourth-order valence-electron chi connectivity index (χ4n) is 2.39. The van der Waals surface area contributed by atoms with E-state index < -0.39 is 10.0 Å². The van der Waals surface area contributed by atoms with Crippen LogP contribution in [0.25, 0.3) is 0 Å². The third-order valence-corrected chi connectivity index (χ3v) is 6.23. The number of alkyl halides is 1. The van der Waals surface area contributed by atoms with Crippen molar-refractivity contribution in [2.45, 2.75) is 43.7 Å². The Bertz CT molecular complexity index is 522. The van der Waals surface area contributed by atoms with Gasteiger partial charge in [0.1, 0.15) is 5.82 Å². The molecule has 0 amide bonds. The Morgan fingerprint density at radius 2 is 2.16 bits per heavy atom. The van der Waals surface area contributed by atoms with Crippen molar-refractivity contribution in [1.82, 2.24) is 13.9 Å². The van der Waals surface area contributed by atoms with Gasteiger partial charge in [-0.15, -0.1) is 0 Å². The van der Waals surface area contributed by atoms with Crippen molar-refractivity contribution < 1.29 is 8.42 Å². The fraction of sp³-hybridized carbons (Fsp3) is 0.750. The highest BCUT2D eigenvalue weighted by molar-refractivity contribution is 9.09. The average Bonchev–Trinajstić information content (AvgIpc) is 2.61. The third-order valence-electron chi connectivity index (χ3n) is 3.66. The van der Waals surface area contributed by atoms with Gasteiger partial charge in [0.15, 0.2) is 5.03 Å². The summed E-state index contributed by atoms with van der Waals surface area (Å²) < 4.78 is 28.8. The molecule has 108 valence electrons. The smallest absolute Gasteiger partial charge is 0.262 e. The van der Waals surface area contributed by atoms with Crippen molar-refractivity contribution in [3.63, 3.8) is 0 Å². The molecule has 1 aromatic heterocycles. The van der Waals surface area contributed by atoms with E-state index in [9.17, 15) is 8.42 Å². The molecule has 1 atom stereocenters. The molecule has 1 aliphatic rings. The first-order valence-electron chi connectivity index (χ1n) is 6.54. The van der Waals surface area contributed by atoms with Crippen LogP contribution in [0, 0.1) is 6.92 Å². The van der Waals surface area contributed by atoms with Gasteiger partial charge >= 0.3 is 0 Å². The second-order valence-electron chi connectivity index (χ2n) is 5.01. The van der Waals surface area contributed by atoms with E-state index in [1.165, 1.54) is 0 Å². The Kier molecular flexibility index (Phi) is 4.68. The lowest BCUT2D eigenvalue weighted by Gasteiger charge is -2.26. The molecule has 0 aromatic carbocycles. The predicted molar refractivity (Wildman–Crippen MR) is 77.9 cm³/mol. The zero-order valence-corrected chi connectivity index (χ0v) is 13.7. The number of halogens is 1. The van der Waals surface area contributed by atoms with Crippen LogP contribution in [0.5, 0.6) is 0 Å². The summed E-state index contributed by atoms with van der Waals surface area (Å²) in [5.41, 5.74) is 0. The molecule has 0 radical (unpaired) electrons. The molecule has 0 saturated carbocycles. The molecule has 1 fully saturated rings. The van der Waals surface area contributed by atoms with Crippen LogP contribution < -0.4 is 0 Å². The molecule has 0 spiro atoms. The average molecular weight is 350 g/mol. The molecule has 1 aromatic rings. The number of hydrogen-bond donors (Lipinski definition) is 0. The van der Waals surface area contributed by atoms with E-state index >= 15 is 0 Å².